The van der Waals surface area contributed by atoms with Gasteiger partial charge in [0.1, 0.15) is 0 Å². The van der Waals surface area contributed by atoms with E-state index in [4.69, 9.17) is 5.11 Å². The molecule has 0 radical (unpaired) electrons. The number of rotatable bonds is 6. The van der Waals surface area contributed by atoms with Crippen LogP contribution in [-0.2, 0) is 10.0 Å². The van der Waals surface area contributed by atoms with Gasteiger partial charge in [-0.05, 0) is 6.42 Å². The van der Waals surface area contributed by atoms with Crippen molar-refractivity contribution in [3.63, 3.8) is 0 Å². The van der Waals surface area contributed by atoms with Crippen LogP contribution in [-0.4, -0.2) is 37.5 Å². The molecule has 0 aromatic heterocycles. The minimum atomic E-state index is -4.97. The number of benzene rings is 1. The van der Waals surface area contributed by atoms with Crippen molar-refractivity contribution in [1.82, 2.24) is 4.31 Å². The Morgan fingerprint density at radius 1 is 0.905 bits per heavy atom. The molecule has 0 aliphatic carbocycles. The zero-order chi connectivity index (χ0) is 16.4. The number of aliphatic hydroxyl groups excluding tert-OH is 1. The van der Waals surface area contributed by atoms with Crippen molar-refractivity contribution in [2.24, 2.45) is 0 Å². The highest BCUT2D eigenvalue weighted by Gasteiger charge is 2.36. The molecule has 120 valence electrons. The topological polar surface area (TPSA) is 57.6 Å². The lowest BCUT2D eigenvalue weighted by Crippen LogP contribution is -2.35. The van der Waals surface area contributed by atoms with Crippen LogP contribution in [0.2, 0.25) is 0 Å². The number of hydrogen-bond acceptors (Lipinski definition) is 3. The van der Waals surface area contributed by atoms with Gasteiger partial charge in [-0.25, -0.2) is 30.4 Å². The van der Waals surface area contributed by atoms with Gasteiger partial charge < -0.3 is 5.11 Å². The highest BCUT2D eigenvalue weighted by atomic mass is 32.2. The number of sulfonamides is 1. The van der Waals surface area contributed by atoms with Crippen molar-refractivity contribution in [2.45, 2.75) is 18.2 Å². The number of aliphatic hydroxyl groups is 1. The second-order valence-corrected chi connectivity index (χ2v) is 5.90. The first-order valence-electron chi connectivity index (χ1n) is 5.82. The average Bonchev–Trinajstić information content (AvgIpc) is 2.42. The molecule has 0 atom stereocenters. The SMILES string of the molecule is CCCN(CCO)S(=O)(=O)c1c(F)c(F)c(F)c(F)c1F. The molecule has 0 aliphatic rings. The van der Waals surface area contributed by atoms with Crippen LogP contribution in [0.3, 0.4) is 0 Å². The summed E-state index contributed by atoms with van der Waals surface area (Å²) in [5.74, 6) is -12.0. The van der Waals surface area contributed by atoms with E-state index in [-0.39, 0.29) is 13.0 Å². The molecule has 4 nitrogen and oxygen atoms in total. The van der Waals surface area contributed by atoms with E-state index in [0.717, 1.165) is 0 Å². The van der Waals surface area contributed by atoms with E-state index >= 15 is 0 Å². The Morgan fingerprint density at radius 2 is 1.33 bits per heavy atom. The van der Waals surface area contributed by atoms with Crippen LogP contribution in [0.1, 0.15) is 13.3 Å². The summed E-state index contributed by atoms with van der Waals surface area (Å²) in [4.78, 5) is -1.92. The van der Waals surface area contributed by atoms with Crippen molar-refractivity contribution < 1.29 is 35.5 Å². The van der Waals surface area contributed by atoms with Gasteiger partial charge in [0, 0.05) is 13.1 Å². The third-order valence-electron chi connectivity index (χ3n) is 2.59. The zero-order valence-electron chi connectivity index (χ0n) is 10.8. The maximum Gasteiger partial charge on any atom is 0.249 e. The molecule has 1 rings (SSSR count). The summed E-state index contributed by atoms with van der Waals surface area (Å²) in [7, 11) is -4.97. The van der Waals surface area contributed by atoms with Crippen LogP contribution in [0.4, 0.5) is 22.0 Å². The highest BCUT2D eigenvalue weighted by molar-refractivity contribution is 7.89. The number of hydrogen-bond donors (Lipinski definition) is 1. The molecule has 0 saturated carbocycles. The van der Waals surface area contributed by atoms with Crippen LogP contribution in [0.5, 0.6) is 0 Å². The fourth-order valence-electron chi connectivity index (χ4n) is 1.65. The molecular weight excluding hydrogens is 321 g/mol. The molecule has 1 aromatic carbocycles. The Balaban J connectivity index is 3.58. The first kappa shape index (κ1) is 17.8. The third-order valence-corrected chi connectivity index (χ3v) is 4.51. The van der Waals surface area contributed by atoms with Gasteiger partial charge >= 0.3 is 0 Å². The molecule has 0 heterocycles. The van der Waals surface area contributed by atoms with Gasteiger partial charge in [-0.2, -0.15) is 4.31 Å². The second-order valence-electron chi connectivity index (χ2n) is 4.03. The monoisotopic (exact) mass is 333 g/mol. The van der Waals surface area contributed by atoms with E-state index in [0.29, 0.717) is 4.31 Å². The molecule has 1 aromatic rings. The first-order valence-corrected chi connectivity index (χ1v) is 7.26. The van der Waals surface area contributed by atoms with Gasteiger partial charge in [0.2, 0.25) is 15.8 Å². The summed E-state index contributed by atoms with van der Waals surface area (Å²) >= 11 is 0. The predicted octanol–water partition coefficient (Wildman–Crippen LogP) is 1.78. The fraction of sp³-hybridized carbons (Fsp3) is 0.455. The molecule has 0 spiro atoms. The van der Waals surface area contributed by atoms with Gasteiger partial charge in [-0.1, -0.05) is 6.92 Å². The Labute approximate surface area is 117 Å². The lowest BCUT2D eigenvalue weighted by molar-refractivity contribution is 0.252. The first-order chi connectivity index (χ1) is 9.69. The molecular formula is C11H12F5NO3S. The Hall–Kier alpha value is -1.26. The van der Waals surface area contributed by atoms with Crippen LogP contribution in [0, 0.1) is 29.1 Å². The predicted molar refractivity (Wildman–Crippen MR) is 62.4 cm³/mol. The molecule has 0 saturated heterocycles. The zero-order valence-corrected chi connectivity index (χ0v) is 11.7. The van der Waals surface area contributed by atoms with Gasteiger partial charge in [0.25, 0.3) is 0 Å². The molecule has 0 aliphatic heterocycles. The summed E-state index contributed by atoms with van der Waals surface area (Å²) < 4.78 is 90.7. The summed E-state index contributed by atoms with van der Waals surface area (Å²) in [6, 6.07) is 0. The van der Waals surface area contributed by atoms with E-state index in [2.05, 4.69) is 0 Å². The van der Waals surface area contributed by atoms with Crippen molar-refractivity contribution in [3.8, 4) is 0 Å². The molecule has 10 heteroatoms. The van der Waals surface area contributed by atoms with Gasteiger partial charge in [0.15, 0.2) is 28.2 Å². The largest absolute Gasteiger partial charge is 0.395 e. The second kappa shape index (κ2) is 6.67. The summed E-state index contributed by atoms with van der Waals surface area (Å²) in [6.07, 6.45) is 0.217. The van der Waals surface area contributed by atoms with Gasteiger partial charge in [0.05, 0.1) is 6.61 Å². The normalized spacial score (nSPS) is 12.2. The van der Waals surface area contributed by atoms with E-state index in [1.165, 1.54) is 0 Å². The Morgan fingerprint density at radius 3 is 1.71 bits per heavy atom. The molecule has 0 unspecified atom stereocenters. The smallest absolute Gasteiger partial charge is 0.249 e. The standard InChI is InChI=1S/C11H12F5NO3S/c1-2-3-17(4-5-18)21(19,20)11-9(15)7(13)6(12)8(14)10(11)16/h18H,2-5H2,1H3. The highest BCUT2D eigenvalue weighted by Crippen LogP contribution is 2.28. The minimum absolute atomic E-state index is 0.217. The minimum Gasteiger partial charge on any atom is -0.395 e. The van der Waals surface area contributed by atoms with Crippen molar-refractivity contribution in [2.75, 3.05) is 19.7 Å². The molecule has 0 bridgehead atoms. The molecule has 0 fully saturated rings. The van der Waals surface area contributed by atoms with E-state index in [1.807, 2.05) is 0 Å². The van der Waals surface area contributed by atoms with Gasteiger partial charge in [-0.3, -0.25) is 0 Å². The van der Waals surface area contributed by atoms with Crippen LogP contribution >= 0.6 is 0 Å². The van der Waals surface area contributed by atoms with Crippen molar-refractivity contribution in [3.05, 3.63) is 29.1 Å². The van der Waals surface area contributed by atoms with Crippen LogP contribution in [0.15, 0.2) is 4.90 Å². The van der Waals surface area contributed by atoms with Crippen LogP contribution in [0.25, 0.3) is 0 Å². The van der Waals surface area contributed by atoms with Crippen molar-refractivity contribution >= 4 is 10.0 Å². The maximum absolute atomic E-state index is 13.5. The number of nitrogens with zero attached hydrogens (tertiary/aromatic N) is 1. The van der Waals surface area contributed by atoms with Crippen molar-refractivity contribution in [1.29, 1.82) is 0 Å². The lowest BCUT2D eigenvalue weighted by Gasteiger charge is -2.21. The lowest BCUT2D eigenvalue weighted by atomic mass is 10.3. The van der Waals surface area contributed by atoms with E-state index in [1.54, 1.807) is 6.92 Å². The number of halogens is 5. The van der Waals surface area contributed by atoms with E-state index < -0.39 is 57.2 Å². The summed E-state index contributed by atoms with van der Waals surface area (Å²) in [5.41, 5.74) is 0. The Kier molecular flexibility index (Phi) is 5.65. The average molecular weight is 333 g/mol. The summed E-state index contributed by atoms with van der Waals surface area (Å²) in [6.45, 7) is 0.0884. The fourth-order valence-corrected chi connectivity index (χ4v) is 3.29. The molecule has 21 heavy (non-hydrogen) atoms. The van der Waals surface area contributed by atoms with E-state index in [9.17, 15) is 30.4 Å². The van der Waals surface area contributed by atoms with Gasteiger partial charge in [-0.15, -0.1) is 0 Å². The molecule has 0 amide bonds. The third kappa shape index (κ3) is 3.16. The summed E-state index contributed by atoms with van der Waals surface area (Å²) in [5, 5.41) is 8.76. The molecule has 1 N–H and O–H groups in total. The maximum atomic E-state index is 13.5. The quantitative estimate of drug-likeness (QED) is 0.490. The van der Waals surface area contributed by atoms with Crippen LogP contribution < -0.4 is 0 Å². The Bertz CT molecular complexity index is 600.